The summed E-state index contributed by atoms with van der Waals surface area (Å²) >= 11 is 0. The quantitative estimate of drug-likeness (QED) is 0.541. The third-order valence-electron chi connectivity index (χ3n) is 5.04. The van der Waals surface area contributed by atoms with E-state index in [-0.39, 0.29) is 17.2 Å². The molecule has 0 saturated heterocycles. The highest BCUT2D eigenvalue weighted by Gasteiger charge is 2.32. The fourth-order valence-corrected chi connectivity index (χ4v) is 3.94. The van der Waals surface area contributed by atoms with Gasteiger partial charge in [0.2, 0.25) is 0 Å². The van der Waals surface area contributed by atoms with Crippen LogP contribution >= 0.6 is 0 Å². The second-order valence-corrected chi connectivity index (χ2v) is 9.54. The predicted octanol–water partition coefficient (Wildman–Crippen LogP) is 5.78. The third-order valence-corrected chi connectivity index (χ3v) is 5.04. The number of fused-ring (bicyclic) bond motifs is 5. The largest absolute Gasteiger partial charge is 0.368 e. The molecular weight excluding hydrogens is 346 g/mol. The minimum atomic E-state index is -0.238. The van der Waals surface area contributed by atoms with Crippen LogP contribution in [0.3, 0.4) is 0 Å². The molecule has 1 aliphatic carbocycles. The van der Waals surface area contributed by atoms with Crippen molar-refractivity contribution in [2.45, 2.75) is 65.2 Å². The molecule has 1 aliphatic rings. The topological polar surface area (TPSA) is 39.9 Å². The number of benzene rings is 2. The first-order valence-electron chi connectivity index (χ1n) is 9.97. The SMILES string of the molecule is CC(C)(C)OC1Cc2ccccc2-c2c(nnn2C(C)(C)C)-c2ccccc21. The molecule has 1 atom stereocenters. The summed E-state index contributed by atoms with van der Waals surface area (Å²) in [6.45, 7) is 12.8. The molecule has 0 fully saturated rings. The van der Waals surface area contributed by atoms with Crippen molar-refractivity contribution < 1.29 is 4.74 Å². The van der Waals surface area contributed by atoms with Gasteiger partial charge in [-0.3, -0.25) is 0 Å². The van der Waals surface area contributed by atoms with Gasteiger partial charge in [-0.2, -0.15) is 0 Å². The molecule has 146 valence electrons. The van der Waals surface area contributed by atoms with E-state index in [1.807, 2.05) is 0 Å². The van der Waals surface area contributed by atoms with Gasteiger partial charge in [-0.05, 0) is 52.7 Å². The highest BCUT2D eigenvalue weighted by atomic mass is 16.5. The zero-order valence-electron chi connectivity index (χ0n) is 17.7. The molecule has 4 rings (SSSR count). The van der Waals surface area contributed by atoms with Gasteiger partial charge in [-0.15, -0.1) is 5.10 Å². The lowest BCUT2D eigenvalue weighted by molar-refractivity contribution is -0.0611. The number of nitrogens with zero attached hydrogens (tertiary/aromatic N) is 3. The number of hydrogen-bond donors (Lipinski definition) is 0. The van der Waals surface area contributed by atoms with Crippen LogP contribution in [-0.2, 0) is 16.7 Å². The maximum absolute atomic E-state index is 6.53. The Hall–Kier alpha value is -2.46. The minimum Gasteiger partial charge on any atom is -0.368 e. The van der Waals surface area contributed by atoms with Crippen molar-refractivity contribution in [2.24, 2.45) is 0 Å². The zero-order valence-corrected chi connectivity index (χ0v) is 17.7. The van der Waals surface area contributed by atoms with Gasteiger partial charge >= 0.3 is 0 Å². The molecule has 1 heterocycles. The Morgan fingerprint density at radius 3 is 2.21 bits per heavy atom. The second kappa shape index (κ2) is 6.56. The first-order valence-corrected chi connectivity index (χ1v) is 9.97. The maximum atomic E-state index is 6.53. The monoisotopic (exact) mass is 375 g/mol. The fourth-order valence-electron chi connectivity index (χ4n) is 3.94. The molecule has 0 bridgehead atoms. The van der Waals surface area contributed by atoms with E-state index in [0.29, 0.717) is 0 Å². The summed E-state index contributed by atoms with van der Waals surface area (Å²) in [6.07, 6.45) is 0.782. The lowest BCUT2D eigenvalue weighted by Crippen LogP contribution is -2.26. The van der Waals surface area contributed by atoms with E-state index in [1.165, 1.54) is 16.7 Å². The Labute approximate surface area is 167 Å². The summed E-state index contributed by atoms with van der Waals surface area (Å²) < 4.78 is 8.59. The molecule has 28 heavy (non-hydrogen) atoms. The van der Waals surface area contributed by atoms with Crippen molar-refractivity contribution >= 4 is 0 Å². The summed E-state index contributed by atoms with van der Waals surface area (Å²) in [5.41, 5.74) is 6.35. The summed E-state index contributed by atoms with van der Waals surface area (Å²) in [7, 11) is 0. The van der Waals surface area contributed by atoms with Gasteiger partial charge in [0.1, 0.15) is 5.69 Å². The first-order chi connectivity index (χ1) is 13.1. The smallest absolute Gasteiger partial charge is 0.121 e. The van der Waals surface area contributed by atoms with Crippen molar-refractivity contribution in [1.82, 2.24) is 15.0 Å². The second-order valence-electron chi connectivity index (χ2n) is 9.54. The molecule has 0 aliphatic heterocycles. The molecule has 4 heteroatoms. The molecule has 2 aromatic carbocycles. The van der Waals surface area contributed by atoms with E-state index < -0.39 is 0 Å². The Morgan fingerprint density at radius 2 is 1.54 bits per heavy atom. The molecule has 3 aromatic rings. The number of rotatable bonds is 1. The molecule has 0 spiro atoms. The number of aromatic nitrogens is 3. The van der Waals surface area contributed by atoms with E-state index in [1.54, 1.807) is 0 Å². The van der Waals surface area contributed by atoms with Gasteiger partial charge < -0.3 is 4.74 Å². The zero-order chi connectivity index (χ0) is 20.1. The van der Waals surface area contributed by atoms with Crippen LogP contribution < -0.4 is 0 Å². The highest BCUT2D eigenvalue weighted by Crippen LogP contribution is 2.43. The van der Waals surface area contributed by atoms with Crippen molar-refractivity contribution in [3.05, 3.63) is 59.7 Å². The normalized spacial score (nSPS) is 16.6. The van der Waals surface area contributed by atoms with Crippen LogP contribution in [0.1, 0.15) is 58.8 Å². The highest BCUT2D eigenvalue weighted by molar-refractivity contribution is 5.82. The van der Waals surface area contributed by atoms with Crippen molar-refractivity contribution in [2.75, 3.05) is 0 Å². The molecule has 0 radical (unpaired) electrons. The van der Waals surface area contributed by atoms with Crippen molar-refractivity contribution in [1.29, 1.82) is 0 Å². The molecule has 0 N–H and O–H groups in total. The average molecular weight is 376 g/mol. The van der Waals surface area contributed by atoms with E-state index in [2.05, 4.69) is 105 Å². The fraction of sp³-hybridized carbons (Fsp3) is 0.417. The average Bonchev–Trinajstić information content (AvgIpc) is 3.04. The van der Waals surface area contributed by atoms with Crippen LogP contribution in [0.5, 0.6) is 0 Å². The van der Waals surface area contributed by atoms with Gasteiger partial charge in [0.15, 0.2) is 0 Å². The van der Waals surface area contributed by atoms with Gasteiger partial charge in [0, 0.05) is 17.5 Å². The minimum absolute atomic E-state index is 0.0368. The van der Waals surface area contributed by atoms with E-state index in [0.717, 1.165) is 23.4 Å². The van der Waals surface area contributed by atoms with Gasteiger partial charge in [-0.25, -0.2) is 4.68 Å². The van der Waals surface area contributed by atoms with Crippen LogP contribution in [0.4, 0.5) is 0 Å². The van der Waals surface area contributed by atoms with Crippen LogP contribution in [0.15, 0.2) is 48.5 Å². The Kier molecular flexibility index (Phi) is 4.42. The van der Waals surface area contributed by atoms with E-state index in [4.69, 9.17) is 4.74 Å². The van der Waals surface area contributed by atoms with Gasteiger partial charge in [0.05, 0.1) is 22.9 Å². The van der Waals surface area contributed by atoms with Crippen LogP contribution in [0.25, 0.3) is 22.5 Å². The Balaban J connectivity index is 2.03. The Bertz CT molecular complexity index is 1010. The maximum Gasteiger partial charge on any atom is 0.121 e. The Morgan fingerprint density at radius 1 is 0.893 bits per heavy atom. The predicted molar refractivity (Wildman–Crippen MR) is 113 cm³/mol. The molecule has 4 nitrogen and oxygen atoms in total. The van der Waals surface area contributed by atoms with Crippen LogP contribution in [0.2, 0.25) is 0 Å². The first kappa shape index (κ1) is 18.9. The molecule has 1 unspecified atom stereocenters. The van der Waals surface area contributed by atoms with E-state index >= 15 is 0 Å². The summed E-state index contributed by atoms with van der Waals surface area (Å²) in [6, 6.07) is 17.0. The van der Waals surface area contributed by atoms with Crippen molar-refractivity contribution in [3.63, 3.8) is 0 Å². The van der Waals surface area contributed by atoms with Crippen molar-refractivity contribution in [3.8, 4) is 22.5 Å². The van der Waals surface area contributed by atoms with Crippen LogP contribution in [0, 0.1) is 0 Å². The lowest BCUT2D eigenvalue weighted by Gasteiger charge is -2.31. The van der Waals surface area contributed by atoms with E-state index in [9.17, 15) is 0 Å². The van der Waals surface area contributed by atoms with Gasteiger partial charge in [0.25, 0.3) is 0 Å². The number of ether oxygens (including phenoxy) is 1. The molecule has 0 amide bonds. The molecular formula is C24H29N3O. The van der Waals surface area contributed by atoms with Gasteiger partial charge in [-0.1, -0.05) is 53.7 Å². The summed E-state index contributed by atoms with van der Waals surface area (Å²) in [5.74, 6) is 0. The molecule has 1 aromatic heterocycles. The summed E-state index contributed by atoms with van der Waals surface area (Å²) in [5, 5.41) is 9.23. The van der Waals surface area contributed by atoms with Crippen LogP contribution in [-0.4, -0.2) is 20.6 Å². The number of hydrogen-bond acceptors (Lipinski definition) is 3. The third kappa shape index (κ3) is 3.37. The summed E-state index contributed by atoms with van der Waals surface area (Å²) in [4.78, 5) is 0. The lowest BCUT2D eigenvalue weighted by atomic mass is 9.87. The molecule has 0 saturated carbocycles. The standard InChI is InChI=1S/C24H29N3O/c1-23(2,3)27-22-17-12-8-7-11-16(17)15-20(28-24(4,5)6)18-13-9-10-14-19(18)21(22)25-26-27/h7-14,20H,15H2,1-6H3.